The molecule has 0 aromatic heterocycles. The number of unbranched alkanes of at least 4 members (excludes halogenated alkanes) is 22. The van der Waals surface area contributed by atoms with E-state index < -0.39 is 57.8 Å². The third-order valence-corrected chi connectivity index (χ3v) is 12.6. The van der Waals surface area contributed by atoms with Gasteiger partial charge in [0.05, 0.1) is 19.8 Å². The predicted molar refractivity (Wildman–Crippen MR) is 288 cm³/mol. The Balaban J connectivity index is 4.75. The summed E-state index contributed by atoms with van der Waals surface area (Å²) >= 11 is 0. The minimum absolute atomic E-state index is 0.153. The number of phosphoric ester groups is 1. The zero-order chi connectivity index (χ0) is 51.3. The van der Waals surface area contributed by atoms with E-state index in [-0.39, 0.29) is 25.9 Å². The van der Waals surface area contributed by atoms with Gasteiger partial charge in [-0.2, -0.15) is 0 Å². The molecule has 0 aliphatic carbocycles. The molecule has 0 aliphatic heterocycles. The molecule has 0 heterocycles. The van der Waals surface area contributed by atoms with Crippen molar-refractivity contribution in [2.24, 2.45) is 0 Å². The van der Waals surface area contributed by atoms with Gasteiger partial charge in [0.15, 0.2) is 6.10 Å². The first-order chi connectivity index (χ1) is 34.2. The van der Waals surface area contributed by atoms with Gasteiger partial charge in [-0.25, -0.2) is 4.57 Å². The summed E-state index contributed by atoms with van der Waals surface area (Å²) in [6, 6.07) is 0. The van der Waals surface area contributed by atoms with Crippen molar-refractivity contribution in [2.45, 2.75) is 251 Å². The number of aliphatic hydroxyl groups is 1. The lowest BCUT2D eigenvalue weighted by atomic mass is 10.1. The summed E-state index contributed by atoms with van der Waals surface area (Å²) in [5, 5.41) is 9.76. The maximum atomic E-state index is 12.9. The second-order valence-corrected chi connectivity index (χ2v) is 19.8. The van der Waals surface area contributed by atoms with Crippen LogP contribution in [0.2, 0.25) is 0 Å². The van der Waals surface area contributed by atoms with Gasteiger partial charge in [0.1, 0.15) is 12.7 Å². The number of hydrogen-bond acceptors (Lipinski definition) is 10. The number of hydrogen-bond donors (Lipinski definition) is 2. The van der Waals surface area contributed by atoms with Crippen molar-refractivity contribution < 1.29 is 52.2 Å². The van der Waals surface area contributed by atoms with E-state index >= 15 is 0 Å². The fourth-order valence-electron chi connectivity index (χ4n) is 7.44. The fraction of sp³-hybridized carbons (Fsp3) is 0.741. The van der Waals surface area contributed by atoms with Crippen LogP contribution >= 0.6 is 7.82 Å². The summed E-state index contributed by atoms with van der Waals surface area (Å²) in [4.78, 5) is 48.4. The number of rotatable bonds is 51. The Morgan fingerprint density at radius 1 is 0.414 bits per heavy atom. The molecule has 11 nitrogen and oxygen atoms in total. The van der Waals surface area contributed by atoms with Gasteiger partial charge >= 0.3 is 25.7 Å². The number of carbonyl (C=O) groups is 3. The van der Waals surface area contributed by atoms with E-state index in [4.69, 9.17) is 23.3 Å². The first kappa shape index (κ1) is 66.9. The average Bonchev–Trinajstić information content (AvgIpc) is 3.35. The van der Waals surface area contributed by atoms with Crippen LogP contribution < -0.4 is 0 Å². The Hall–Kier alpha value is -3.08. The number of carbonyl (C=O) groups excluding carboxylic acids is 3. The number of phosphoric acid groups is 1. The molecule has 0 saturated heterocycles. The average molecular weight is 1010 g/mol. The van der Waals surface area contributed by atoms with Gasteiger partial charge in [-0.3, -0.25) is 23.4 Å². The summed E-state index contributed by atoms with van der Waals surface area (Å²) in [6.45, 7) is 4.38. The normalized spacial score (nSPS) is 14.0. The van der Waals surface area contributed by atoms with Gasteiger partial charge in [0.2, 0.25) is 0 Å². The molecule has 12 heteroatoms. The number of aliphatic hydroxyl groups excluding tert-OH is 1. The smallest absolute Gasteiger partial charge is 0.462 e. The van der Waals surface area contributed by atoms with Crippen LogP contribution in [-0.4, -0.2) is 66.5 Å². The molecule has 404 valence electrons. The summed E-state index contributed by atoms with van der Waals surface area (Å²) in [5.74, 6) is -1.49. The lowest BCUT2D eigenvalue weighted by Gasteiger charge is -2.21. The first-order valence-corrected chi connectivity index (χ1v) is 29.3. The maximum Gasteiger partial charge on any atom is 0.472 e. The third kappa shape index (κ3) is 49.9. The zero-order valence-electron chi connectivity index (χ0n) is 44.5. The molecular weight excluding hydrogens is 904 g/mol. The van der Waals surface area contributed by atoms with Crippen LogP contribution in [0.3, 0.4) is 0 Å². The Bertz CT molecular complexity index is 1450. The molecule has 70 heavy (non-hydrogen) atoms. The monoisotopic (exact) mass is 1000 g/mol. The van der Waals surface area contributed by atoms with Crippen molar-refractivity contribution in [3.8, 4) is 0 Å². The molecule has 0 bridgehead atoms. The van der Waals surface area contributed by atoms with E-state index in [9.17, 15) is 28.9 Å². The largest absolute Gasteiger partial charge is 0.472 e. The van der Waals surface area contributed by atoms with Crippen molar-refractivity contribution in [1.82, 2.24) is 0 Å². The van der Waals surface area contributed by atoms with Crippen molar-refractivity contribution >= 4 is 25.7 Å². The lowest BCUT2D eigenvalue weighted by molar-refractivity contribution is -0.161. The Morgan fingerprint density at radius 2 is 0.743 bits per heavy atom. The van der Waals surface area contributed by atoms with E-state index in [2.05, 4.69) is 93.7 Å². The molecule has 3 unspecified atom stereocenters. The molecular formula is C58H101O11P. The van der Waals surface area contributed by atoms with Crippen molar-refractivity contribution in [1.29, 1.82) is 0 Å². The molecule has 0 rings (SSSR count). The molecule has 3 atom stereocenters. The fourth-order valence-corrected chi connectivity index (χ4v) is 8.23. The highest BCUT2D eigenvalue weighted by molar-refractivity contribution is 7.47. The van der Waals surface area contributed by atoms with Gasteiger partial charge in [-0.1, -0.05) is 209 Å². The second kappa shape index (κ2) is 52.2. The summed E-state index contributed by atoms with van der Waals surface area (Å²) < 4.78 is 39.4. The van der Waals surface area contributed by atoms with E-state index in [1.54, 1.807) is 0 Å². The van der Waals surface area contributed by atoms with Crippen molar-refractivity contribution in [2.75, 3.05) is 26.4 Å². The van der Waals surface area contributed by atoms with Crippen LogP contribution in [0.15, 0.2) is 72.9 Å². The van der Waals surface area contributed by atoms with Crippen molar-refractivity contribution in [3.05, 3.63) is 72.9 Å². The molecule has 0 saturated carbocycles. The third-order valence-electron chi connectivity index (χ3n) is 11.6. The standard InChI is InChI=1S/C58H101O11P/c1-4-7-10-13-16-19-21-23-25-27-29-31-33-36-38-41-44-47-56(60)65-51-55(69-58(62)49-46-43-40-37-34-32-30-28-26-24-22-20-17-14-11-8-5-2)53-67-70(63,64)66-52-54(50-59)68-57(61)48-45-42-39-35-18-15-12-9-6-3/h7-8,10-11,16-17,19-20,23-26,54-55,59H,4-6,9,12-15,18,21-22,27-53H2,1-3H3,(H,63,64)/b10-7-,11-8-,19-16-,20-17-,25-23-,26-24-. The van der Waals surface area contributed by atoms with E-state index in [1.165, 1.54) is 51.4 Å². The van der Waals surface area contributed by atoms with Gasteiger partial charge in [-0.05, 0) is 83.5 Å². The van der Waals surface area contributed by atoms with E-state index in [1.807, 2.05) is 0 Å². The van der Waals surface area contributed by atoms with Gasteiger partial charge in [0.25, 0.3) is 0 Å². The number of esters is 3. The van der Waals surface area contributed by atoms with Crippen LogP contribution in [0.5, 0.6) is 0 Å². The number of allylic oxidation sites excluding steroid dienone is 12. The molecule has 0 aromatic rings. The van der Waals surface area contributed by atoms with Crippen LogP contribution in [0.1, 0.15) is 239 Å². The molecule has 0 radical (unpaired) electrons. The summed E-state index contributed by atoms with van der Waals surface area (Å²) in [6.07, 6.45) is 57.3. The van der Waals surface area contributed by atoms with E-state index in [0.29, 0.717) is 19.3 Å². The Morgan fingerprint density at radius 3 is 1.14 bits per heavy atom. The predicted octanol–water partition coefficient (Wildman–Crippen LogP) is 16.1. The van der Waals surface area contributed by atoms with Crippen LogP contribution in [0.25, 0.3) is 0 Å². The Labute approximate surface area is 427 Å². The first-order valence-electron chi connectivity index (χ1n) is 27.8. The molecule has 0 amide bonds. The molecule has 0 aromatic carbocycles. The SMILES string of the molecule is CC/C=C\C/C=C\C/C=C\CCCCCCCCCC(=O)OCC(COP(=O)(O)OCC(CO)OC(=O)CCCCCCCCCCC)OC(=O)CCCCCCCCC/C=C\C/C=C\C/C=C\CC. The van der Waals surface area contributed by atoms with Crippen LogP contribution in [0, 0.1) is 0 Å². The van der Waals surface area contributed by atoms with Gasteiger partial charge in [-0.15, -0.1) is 0 Å². The highest BCUT2D eigenvalue weighted by Crippen LogP contribution is 2.43. The summed E-state index contributed by atoms with van der Waals surface area (Å²) in [7, 11) is -4.75. The second-order valence-electron chi connectivity index (χ2n) is 18.3. The molecule has 2 N–H and O–H groups in total. The maximum absolute atomic E-state index is 12.9. The van der Waals surface area contributed by atoms with Gasteiger partial charge in [0, 0.05) is 19.3 Å². The topological polar surface area (TPSA) is 155 Å². The molecule has 0 fully saturated rings. The highest BCUT2D eigenvalue weighted by Gasteiger charge is 2.28. The zero-order valence-corrected chi connectivity index (χ0v) is 45.4. The summed E-state index contributed by atoms with van der Waals surface area (Å²) in [5.41, 5.74) is 0. The minimum Gasteiger partial charge on any atom is -0.462 e. The Kier molecular flexibility index (Phi) is 50.0. The highest BCUT2D eigenvalue weighted by atomic mass is 31.2. The molecule has 0 aliphatic rings. The van der Waals surface area contributed by atoms with Gasteiger partial charge < -0.3 is 24.2 Å². The lowest BCUT2D eigenvalue weighted by Crippen LogP contribution is -2.30. The molecule has 0 spiro atoms. The van der Waals surface area contributed by atoms with E-state index in [0.717, 1.165) is 128 Å². The minimum atomic E-state index is -4.75. The van der Waals surface area contributed by atoms with Crippen molar-refractivity contribution in [3.63, 3.8) is 0 Å². The quantitative estimate of drug-likeness (QED) is 0.0197. The number of ether oxygens (including phenoxy) is 3. The van der Waals surface area contributed by atoms with Crippen LogP contribution in [-0.2, 0) is 42.2 Å². The van der Waals surface area contributed by atoms with Crippen LogP contribution in [0.4, 0.5) is 0 Å².